The first-order chi connectivity index (χ1) is 11.5. The summed E-state index contributed by atoms with van der Waals surface area (Å²) in [7, 11) is 0. The Hall–Kier alpha value is -1.89. The van der Waals surface area contributed by atoms with E-state index in [-0.39, 0.29) is 0 Å². The third kappa shape index (κ3) is 3.77. The van der Waals surface area contributed by atoms with Crippen molar-refractivity contribution in [2.24, 2.45) is 5.92 Å². The van der Waals surface area contributed by atoms with Gasteiger partial charge in [0.1, 0.15) is 5.75 Å². The molecule has 2 heterocycles. The number of nitrogens with one attached hydrogen (secondary N) is 1. The Kier molecular flexibility index (Phi) is 5.18. The molecule has 1 aromatic heterocycles. The molecule has 0 radical (unpaired) electrons. The number of halogens is 3. The highest BCUT2D eigenvalue weighted by atomic mass is 19.3. The maximum atomic E-state index is 13.3. The maximum Gasteiger partial charge on any atom is 0.282 e. The minimum atomic E-state index is -2.93. The van der Waals surface area contributed by atoms with Crippen LogP contribution in [0.2, 0.25) is 0 Å². The van der Waals surface area contributed by atoms with Crippen LogP contribution in [0.25, 0.3) is 10.9 Å². The van der Waals surface area contributed by atoms with Gasteiger partial charge in [-0.25, -0.2) is 13.2 Å². The number of alkyl halides is 3. The molecule has 3 rings (SSSR count). The average molecular weight is 341 g/mol. The number of likely N-dealkylation sites (tertiary alicyclic amines) is 1. The summed E-state index contributed by atoms with van der Waals surface area (Å²) in [6.07, 6.45) is -1.04. The van der Waals surface area contributed by atoms with Crippen molar-refractivity contribution in [1.82, 2.24) is 9.88 Å². The SMILES string of the molecule is Nc1c[nH]c2ccc(OCCC3CCN(C(F)C(F)F)CC3)cc12. The molecular weight excluding hydrogens is 319 g/mol. The van der Waals surface area contributed by atoms with Crippen molar-refractivity contribution in [3.8, 4) is 5.75 Å². The van der Waals surface area contributed by atoms with Gasteiger partial charge in [0, 0.05) is 30.2 Å². The van der Waals surface area contributed by atoms with Gasteiger partial charge in [0.2, 0.25) is 6.30 Å². The van der Waals surface area contributed by atoms with Gasteiger partial charge < -0.3 is 15.5 Å². The lowest BCUT2D eigenvalue weighted by Crippen LogP contribution is -2.42. The predicted molar refractivity (Wildman–Crippen MR) is 88.0 cm³/mol. The second kappa shape index (κ2) is 7.34. The van der Waals surface area contributed by atoms with E-state index in [1.807, 2.05) is 18.2 Å². The quantitative estimate of drug-likeness (QED) is 0.786. The van der Waals surface area contributed by atoms with Gasteiger partial charge in [0.15, 0.2) is 0 Å². The van der Waals surface area contributed by atoms with E-state index in [0.717, 1.165) is 35.9 Å². The highest BCUT2D eigenvalue weighted by Gasteiger charge is 2.30. The van der Waals surface area contributed by atoms with Gasteiger partial charge in [-0.15, -0.1) is 0 Å². The number of rotatable bonds is 6. The predicted octanol–water partition coefficient (Wildman–Crippen LogP) is 3.79. The number of H-pyrrole nitrogens is 1. The minimum absolute atomic E-state index is 0.377. The molecule has 7 heteroatoms. The van der Waals surface area contributed by atoms with E-state index in [1.54, 1.807) is 6.20 Å². The first-order valence-electron chi connectivity index (χ1n) is 8.20. The van der Waals surface area contributed by atoms with Gasteiger partial charge in [0.25, 0.3) is 6.43 Å². The summed E-state index contributed by atoms with van der Waals surface area (Å²) < 4.78 is 43.8. The number of piperidine rings is 1. The molecule has 4 nitrogen and oxygen atoms in total. The fourth-order valence-corrected chi connectivity index (χ4v) is 3.20. The molecular formula is C17H22F3N3O. The van der Waals surface area contributed by atoms with Crippen molar-refractivity contribution in [3.05, 3.63) is 24.4 Å². The molecule has 1 fully saturated rings. The molecule has 0 spiro atoms. The number of aromatic nitrogens is 1. The first-order valence-corrected chi connectivity index (χ1v) is 8.20. The smallest absolute Gasteiger partial charge is 0.282 e. The van der Waals surface area contributed by atoms with E-state index in [2.05, 4.69) is 4.98 Å². The third-order valence-electron chi connectivity index (χ3n) is 4.69. The van der Waals surface area contributed by atoms with Gasteiger partial charge in [-0.05, 0) is 43.4 Å². The van der Waals surface area contributed by atoms with E-state index in [1.165, 1.54) is 4.90 Å². The highest BCUT2D eigenvalue weighted by Crippen LogP contribution is 2.27. The normalized spacial score (nSPS) is 18.3. The van der Waals surface area contributed by atoms with Crippen LogP contribution in [0.5, 0.6) is 5.75 Å². The molecule has 1 saturated heterocycles. The lowest BCUT2D eigenvalue weighted by molar-refractivity contribution is -0.0616. The zero-order valence-corrected chi connectivity index (χ0v) is 13.4. The summed E-state index contributed by atoms with van der Waals surface area (Å²) in [5.74, 6) is 1.14. The molecule has 2 aromatic rings. The van der Waals surface area contributed by atoms with Crippen LogP contribution in [0.15, 0.2) is 24.4 Å². The Bertz CT molecular complexity index is 668. The summed E-state index contributed by atoms with van der Waals surface area (Å²) in [6, 6.07) is 5.71. The number of fused-ring (bicyclic) bond motifs is 1. The molecule has 3 N–H and O–H groups in total. The van der Waals surface area contributed by atoms with Crippen LogP contribution in [0.3, 0.4) is 0 Å². The molecule has 1 unspecified atom stereocenters. The summed E-state index contributed by atoms with van der Waals surface area (Å²) in [5, 5.41) is 0.932. The lowest BCUT2D eigenvalue weighted by atomic mass is 9.94. The molecule has 0 saturated carbocycles. The van der Waals surface area contributed by atoms with Crippen LogP contribution >= 0.6 is 0 Å². The zero-order valence-electron chi connectivity index (χ0n) is 13.4. The zero-order chi connectivity index (χ0) is 17.1. The summed E-state index contributed by atoms with van der Waals surface area (Å²) in [6.45, 7) is 1.30. The van der Waals surface area contributed by atoms with Gasteiger partial charge in [-0.1, -0.05) is 0 Å². The molecule has 0 amide bonds. The second-order valence-corrected chi connectivity index (χ2v) is 6.27. The molecule has 0 bridgehead atoms. The number of nitrogens with two attached hydrogens (primary N) is 1. The molecule has 132 valence electrons. The van der Waals surface area contributed by atoms with Crippen molar-refractivity contribution >= 4 is 16.6 Å². The molecule has 1 aromatic carbocycles. The molecule has 24 heavy (non-hydrogen) atoms. The maximum absolute atomic E-state index is 13.3. The first kappa shape index (κ1) is 17.0. The topological polar surface area (TPSA) is 54.3 Å². The highest BCUT2D eigenvalue weighted by molar-refractivity contribution is 5.92. The van der Waals surface area contributed by atoms with E-state index in [0.29, 0.717) is 31.3 Å². The molecule has 1 atom stereocenters. The van der Waals surface area contributed by atoms with Crippen molar-refractivity contribution in [3.63, 3.8) is 0 Å². The van der Waals surface area contributed by atoms with E-state index in [4.69, 9.17) is 10.5 Å². The summed E-state index contributed by atoms with van der Waals surface area (Å²) >= 11 is 0. The van der Waals surface area contributed by atoms with Crippen LogP contribution in [0.4, 0.5) is 18.9 Å². The number of nitrogen functional groups attached to an aromatic ring is 1. The fourth-order valence-electron chi connectivity index (χ4n) is 3.20. The van der Waals surface area contributed by atoms with Gasteiger partial charge >= 0.3 is 0 Å². The van der Waals surface area contributed by atoms with E-state index < -0.39 is 12.7 Å². The summed E-state index contributed by atoms with van der Waals surface area (Å²) in [4.78, 5) is 4.30. The number of nitrogens with zero attached hydrogens (tertiary/aromatic N) is 1. The number of anilines is 1. The van der Waals surface area contributed by atoms with Crippen LogP contribution < -0.4 is 10.5 Å². The van der Waals surface area contributed by atoms with Crippen molar-refractivity contribution in [2.45, 2.75) is 32.0 Å². The number of hydrogen-bond donors (Lipinski definition) is 2. The Morgan fingerprint density at radius 3 is 2.71 bits per heavy atom. The summed E-state index contributed by atoms with van der Waals surface area (Å²) in [5.41, 5.74) is 7.52. The largest absolute Gasteiger partial charge is 0.494 e. The van der Waals surface area contributed by atoms with Crippen molar-refractivity contribution in [1.29, 1.82) is 0 Å². The van der Waals surface area contributed by atoms with Crippen LogP contribution in [-0.4, -0.2) is 42.3 Å². The monoisotopic (exact) mass is 341 g/mol. The fraction of sp³-hybridized carbons (Fsp3) is 0.529. The third-order valence-corrected chi connectivity index (χ3v) is 4.69. The Morgan fingerprint density at radius 2 is 2.00 bits per heavy atom. The van der Waals surface area contributed by atoms with Crippen LogP contribution in [0, 0.1) is 5.92 Å². The number of aromatic amines is 1. The minimum Gasteiger partial charge on any atom is -0.494 e. The van der Waals surface area contributed by atoms with Crippen molar-refractivity contribution < 1.29 is 17.9 Å². The van der Waals surface area contributed by atoms with Crippen molar-refractivity contribution in [2.75, 3.05) is 25.4 Å². The second-order valence-electron chi connectivity index (χ2n) is 6.27. The van der Waals surface area contributed by atoms with E-state index in [9.17, 15) is 13.2 Å². The average Bonchev–Trinajstić information content (AvgIpc) is 2.95. The Balaban J connectivity index is 1.44. The van der Waals surface area contributed by atoms with E-state index >= 15 is 0 Å². The number of ether oxygens (including phenoxy) is 1. The molecule has 1 aliphatic rings. The van der Waals surface area contributed by atoms with Gasteiger partial charge in [-0.2, -0.15) is 0 Å². The van der Waals surface area contributed by atoms with Gasteiger partial charge in [-0.3, -0.25) is 4.90 Å². The van der Waals surface area contributed by atoms with Crippen LogP contribution in [0.1, 0.15) is 19.3 Å². The molecule has 1 aliphatic heterocycles. The number of benzene rings is 1. The lowest BCUT2D eigenvalue weighted by Gasteiger charge is -2.33. The van der Waals surface area contributed by atoms with Crippen LogP contribution in [-0.2, 0) is 0 Å². The van der Waals surface area contributed by atoms with Gasteiger partial charge in [0.05, 0.1) is 12.3 Å². The Morgan fingerprint density at radius 1 is 1.25 bits per heavy atom. The Labute approximate surface area is 138 Å². The molecule has 0 aliphatic carbocycles. The number of hydrogen-bond acceptors (Lipinski definition) is 3. The standard InChI is InChI=1S/C17H22F3N3O/c18-16(19)17(20)23-6-3-11(4-7-23)5-8-24-12-1-2-15-13(9-12)14(21)10-22-15/h1-2,9-11,16-17,22H,3-8,21H2.